The molecule has 0 aromatic heterocycles. The van der Waals surface area contributed by atoms with E-state index in [0.29, 0.717) is 13.1 Å². The number of piperidine rings is 1. The average Bonchev–Trinajstić information content (AvgIpc) is 2.38. The molecule has 5 heteroatoms. The SMILES string of the molecule is CCCCNC(=O)[C@@H](C)N1CCC[C@@H](C(=O)O)C1. The van der Waals surface area contributed by atoms with Crippen LogP contribution >= 0.6 is 0 Å². The molecular weight excluding hydrogens is 232 g/mol. The fraction of sp³-hybridized carbons (Fsp3) is 0.846. The quantitative estimate of drug-likeness (QED) is 0.698. The highest BCUT2D eigenvalue weighted by Crippen LogP contribution is 2.18. The van der Waals surface area contributed by atoms with Crippen LogP contribution in [0.15, 0.2) is 0 Å². The van der Waals surface area contributed by atoms with Gasteiger partial charge in [0, 0.05) is 13.1 Å². The molecule has 0 spiro atoms. The van der Waals surface area contributed by atoms with Crippen molar-refractivity contribution in [2.45, 2.75) is 45.6 Å². The highest BCUT2D eigenvalue weighted by Gasteiger charge is 2.30. The third kappa shape index (κ3) is 4.29. The van der Waals surface area contributed by atoms with Crippen molar-refractivity contribution in [3.05, 3.63) is 0 Å². The number of aliphatic carboxylic acids is 1. The lowest BCUT2D eigenvalue weighted by molar-refractivity contribution is -0.145. The minimum Gasteiger partial charge on any atom is -0.481 e. The van der Waals surface area contributed by atoms with Gasteiger partial charge in [-0.05, 0) is 32.7 Å². The standard InChI is InChI=1S/C13H24N2O3/c1-3-4-7-14-12(16)10(2)15-8-5-6-11(9-15)13(17)18/h10-11H,3-9H2,1-2H3,(H,14,16)(H,17,18)/t10-,11-/m1/s1. The normalized spacial score (nSPS) is 22.4. The smallest absolute Gasteiger partial charge is 0.307 e. The van der Waals surface area contributed by atoms with Gasteiger partial charge in [0.05, 0.1) is 12.0 Å². The molecule has 0 radical (unpaired) electrons. The Morgan fingerprint density at radius 3 is 2.83 bits per heavy atom. The summed E-state index contributed by atoms with van der Waals surface area (Å²) in [5, 5.41) is 11.9. The van der Waals surface area contributed by atoms with Crippen LogP contribution in [0.3, 0.4) is 0 Å². The minimum atomic E-state index is -0.752. The second-order valence-electron chi connectivity index (χ2n) is 4.99. The van der Waals surface area contributed by atoms with Gasteiger partial charge in [0.15, 0.2) is 0 Å². The Bertz CT molecular complexity index is 294. The number of rotatable bonds is 6. The predicted octanol–water partition coefficient (Wildman–Crippen LogP) is 1.09. The Labute approximate surface area is 109 Å². The fourth-order valence-electron chi connectivity index (χ4n) is 2.26. The molecule has 2 N–H and O–H groups in total. The molecule has 1 saturated heterocycles. The largest absolute Gasteiger partial charge is 0.481 e. The van der Waals surface area contributed by atoms with Gasteiger partial charge in [-0.1, -0.05) is 13.3 Å². The molecule has 1 heterocycles. The number of carboxylic acids is 1. The molecule has 0 aromatic rings. The van der Waals surface area contributed by atoms with E-state index in [-0.39, 0.29) is 17.9 Å². The minimum absolute atomic E-state index is 0.00879. The highest BCUT2D eigenvalue weighted by atomic mass is 16.4. The number of hydrogen-bond donors (Lipinski definition) is 2. The van der Waals surface area contributed by atoms with Gasteiger partial charge < -0.3 is 10.4 Å². The Kier molecular flexibility index (Phi) is 6.12. The van der Waals surface area contributed by atoms with E-state index in [2.05, 4.69) is 12.2 Å². The Hall–Kier alpha value is -1.10. The van der Waals surface area contributed by atoms with Crippen LogP contribution in [0.25, 0.3) is 0 Å². The Balaban J connectivity index is 2.42. The first kappa shape index (κ1) is 15.0. The summed E-state index contributed by atoms with van der Waals surface area (Å²) in [5.74, 6) is -1.07. The summed E-state index contributed by atoms with van der Waals surface area (Å²) in [6, 6.07) is -0.232. The topological polar surface area (TPSA) is 69.6 Å². The molecule has 1 fully saturated rings. The number of carbonyl (C=O) groups excluding carboxylic acids is 1. The Morgan fingerprint density at radius 2 is 2.22 bits per heavy atom. The number of unbranched alkanes of at least 4 members (excludes halogenated alkanes) is 1. The molecule has 2 atom stereocenters. The average molecular weight is 256 g/mol. The van der Waals surface area contributed by atoms with Gasteiger partial charge in [0.25, 0.3) is 0 Å². The lowest BCUT2D eigenvalue weighted by Gasteiger charge is -2.34. The predicted molar refractivity (Wildman–Crippen MR) is 69.3 cm³/mol. The van der Waals surface area contributed by atoms with Crippen molar-refractivity contribution >= 4 is 11.9 Å². The number of likely N-dealkylation sites (tertiary alicyclic amines) is 1. The van der Waals surface area contributed by atoms with Crippen LogP contribution in [-0.4, -0.2) is 47.6 Å². The summed E-state index contributed by atoms with van der Waals surface area (Å²) in [4.78, 5) is 24.8. The van der Waals surface area contributed by atoms with Crippen LogP contribution in [0.1, 0.15) is 39.5 Å². The molecule has 0 aliphatic carbocycles. The van der Waals surface area contributed by atoms with E-state index in [1.54, 1.807) is 0 Å². The number of carbonyl (C=O) groups is 2. The van der Waals surface area contributed by atoms with Crippen molar-refractivity contribution in [3.63, 3.8) is 0 Å². The van der Waals surface area contributed by atoms with Crippen LogP contribution in [0.4, 0.5) is 0 Å². The van der Waals surface area contributed by atoms with Crippen LogP contribution in [0.2, 0.25) is 0 Å². The molecular formula is C13H24N2O3. The molecule has 0 bridgehead atoms. The number of nitrogens with one attached hydrogen (secondary N) is 1. The molecule has 0 saturated carbocycles. The van der Waals surface area contributed by atoms with Gasteiger partial charge in [-0.3, -0.25) is 14.5 Å². The molecule has 0 aromatic carbocycles. The van der Waals surface area contributed by atoms with Gasteiger partial charge >= 0.3 is 5.97 Å². The molecule has 5 nitrogen and oxygen atoms in total. The summed E-state index contributed by atoms with van der Waals surface area (Å²) in [5.41, 5.74) is 0. The first-order valence-corrected chi connectivity index (χ1v) is 6.80. The second-order valence-corrected chi connectivity index (χ2v) is 4.99. The number of hydrogen-bond acceptors (Lipinski definition) is 3. The summed E-state index contributed by atoms with van der Waals surface area (Å²) >= 11 is 0. The molecule has 1 rings (SSSR count). The zero-order valence-electron chi connectivity index (χ0n) is 11.3. The van der Waals surface area contributed by atoms with Crippen LogP contribution in [0, 0.1) is 5.92 Å². The summed E-state index contributed by atoms with van der Waals surface area (Å²) in [6.45, 7) is 5.93. The molecule has 104 valence electrons. The molecule has 1 aliphatic heterocycles. The van der Waals surface area contributed by atoms with E-state index in [1.165, 1.54) is 0 Å². The fourth-order valence-corrected chi connectivity index (χ4v) is 2.26. The van der Waals surface area contributed by atoms with Gasteiger partial charge in [0.2, 0.25) is 5.91 Å². The summed E-state index contributed by atoms with van der Waals surface area (Å²) in [6.07, 6.45) is 3.61. The van der Waals surface area contributed by atoms with Gasteiger partial charge in [-0.25, -0.2) is 0 Å². The maximum Gasteiger partial charge on any atom is 0.307 e. The van der Waals surface area contributed by atoms with Crippen LogP contribution < -0.4 is 5.32 Å². The van der Waals surface area contributed by atoms with Crippen molar-refractivity contribution in [1.29, 1.82) is 0 Å². The van der Waals surface area contributed by atoms with E-state index in [1.807, 2.05) is 11.8 Å². The van der Waals surface area contributed by atoms with Gasteiger partial charge in [-0.15, -0.1) is 0 Å². The van der Waals surface area contributed by atoms with Gasteiger partial charge in [-0.2, -0.15) is 0 Å². The van der Waals surface area contributed by atoms with Crippen LogP contribution in [0.5, 0.6) is 0 Å². The van der Waals surface area contributed by atoms with Crippen LogP contribution in [-0.2, 0) is 9.59 Å². The maximum absolute atomic E-state index is 11.9. The van der Waals surface area contributed by atoms with E-state index in [0.717, 1.165) is 32.2 Å². The van der Waals surface area contributed by atoms with Crippen molar-refractivity contribution in [3.8, 4) is 0 Å². The monoisotopic (exact) mass is 256 g/mol. The first-order valence-electron chi connectivity index (χ1n) is 6.80. The summed E-state index contributed by atoms with van der Waals surface area (Å²) in [7, 11) is 0. The summed E-state index contributed by atoms with van der Waals surface area (Å²) < 4.78 is 0. The van der Waals surface area contributed by atoms with E-state index < -0.39 is 5.97 Å². The lowest BCUT2D eigenvalue weighted by atomic mass is 9.97. The lowest BCUT2D eigenvalue weighted by Crippen LogP contribution is -2.50. The van der Waals surface area contributed by atoms with Crippen molar-refractivity contribution < 1.29 is 14.7 Å². The molecule has 1 amide bonds. The second kappa shape index (κ2) is 7.36. The molecule has 18 heavy (non-hydrogen) atoms. The van der Waals surface area contributed by atoms with Crippen molar-refractivity contribution in [1.82, 2.24) is 10.2 Å². The Morgan fingerprint density at radius 1 is 1.50 bits per heavy atom. The highest BCUT2D eigenvalue weighted by molar-refractivity contribution is 5.81. The zero-order chi connectivity index (χ0) is 13.5. The van der Waals surface area contributed by atoms with Crippen molar-refractivity contribution in [2.75, 3.05) is 19.6 Å². The first-order chi connectivity index (χ1) is 8.56. The number of carboxylic acid groups (broad SMARTS) is 1. The van der Waals surface area contributed by atoms with E-state index in [4.69, 9.17) is 5.11 Å². The molecule has 1 aliphatic rings. The third-order valence-electron chi connectivity index (χ3n) is 3.56. The maximum atomic E-state index is 11.9. The molecule has 0 unspecified atom stereocenters. The number of amides is 1. The van der Waals surface area contributed by atoms with E-state index >= 15 is 0 Å². The third-order valence-corrected chi connectivity index (χ3v) is 3.56. The van der Waals surface area contributed by atoms with E-state index in [9.17, 15) is 9.59 Å². The zero-order valence-corrected chi connectivity index (χ0v) is 11.3. The van der Waals surface area contributed by atoms with Crippen molar-refractivity contribution in [2.24, 2.45) is 5.92 Å². The van der Waals surface area contributed by atoms with Gasteiger partial charge in [0.1, 0.15) is 0 Å². The number of nitrogens with zero attached hydrogens (tertiary/aromatic N) is 1.